The van der Waals surface area contributed by atoms with Crippen LogP contribution in [0.4, 0.5) is 0 Å². The van der Waals surface area contributed by atoms with Crippen LogP contribution in [0.2, 0.25) is 0 Å². The molecule has 9 heavy (non-hydrogen) atoms. The molecule has 0 saturated heterocycles. The van der Waals surface area contributed by atoms with E-state index in [1.54, 1.807) is 0 Å². The maximum atomic E-state index is 10.1. The van der Waals surface area contributed by atoms with E-state index in [9.17, 15) is 4.57 Å². The molecule has 0 heterocycles. The zero-order valence-corrected chi connectivity index (χ0v) is 7.93. The van der Waals surface area contributed by atoms with Gasteiger partial charge < -0.3 is 4.89 Å². The summed E-state index contributed by atoms with van der Waals surface area (Å²) in [6, 6.07) is 0. The molecule has 1 N–H and O–H groups in total. The third-order valence-corrected chi connectivity index (χ3v) is 5.05. The molecule has 0 radical (unpaired) electrons. The predicted molar refractivity (Wildman–Crippen MR) is 46.2 cm³/mol. The molecular weight excluding hydrogens is 175 g/mol. The Balaban J connectivity index is 2.83. The molecule has 0 aromatic carbocycles. The molecule has 0 aliphatic rings. The Morgan fingerprint density at radius 3 is 2.78 bits per heavy atom. The van der Waals surface area contributed by atoms with Crippen LogP contribution in [0.3, 0.4) is 0 Å². The van der Waals surface area contributed by atoms with Gasteiger partial charge in [-0.25, -0.2) is 0 Å². The van der Waals surface area contributed by atoms with Crippen molar-refractivity contribution < 1.29 is 9.46 Å². The van der Waals surface area contributed by atoms with E-state index in [2.05, 4.69) is 6.92 Å². The highest BCUT2D eigenvalue weighted by Gasteiger charge is 1.92. The van der Waals surface area contributed by atoms with Crippen LogP contribution in [0.5, 0.6) is 0 Å². The fourth-order valence-corrected chi connectivity index (χ4v) is 3.45. The number of rotatable bonds is 5. The second-order valence-corrected chi connectivity index (χ2v) is 6.62. The van der Waals surface area contributed by atoms with Crippen molar-refractivity contribution in [1.82, 2.24) is 0 Å². The minimum atomic E-state index is -2.29. The number of hydrogen-bond acceptors (Lipinski definition) is 3. The van der Waals surface area contributed by atoms with Crippen molar-refractivity contribution in [1.29, 1.82) is 0 Å². The van der Waals surface area contributed by atoms with Gasteiger partial charge in [0.2, 0.25) is 0 Å². The smallest absolute Gasteiger partial charge is 0.254 e. The lowest BCUT2D eigenvalue weighted by atomic mass is 10.4. The maximum Gasteiger partial charge on any atom is 0.254 e. The lowest BCUT2D eigenvalue weighted by Gasteiger charge is -1.93. The van der Waals surface area contributed by atoms with Gasteiger partial charge in [0.15, 0.2) is 0 Å². The molecule has 56 valence electrons. The molecule has 2 nitrogen and oxygen atoms in total. The highest BCUT2D eigenvalue weighted by Crippen LogP contribution is 2.43. The van der Waals surface area contributed by atoms with Crippen LogP contribution < -0.4 is 0 Å². The van der Waals surface area contributed by atoms with E-state index in [0.717, 1.165) is 29.0 Å². The number of unbranched alkanes of at least 4 members (excludes halogenated alkanes) is 1. The third-order valence-electron chi connectivity index (χ3n) is 0.711. The van der Waals surface area contributed by atoms with Crippen molar-refractivity contribution in [3.8, 4) is 0 Å². The van der Waals surface area contributed by atoms with Gasteiger partial charge in [-0.1, -0.05) is 24.1 Å². The van der Waals surface area contributed by atoms with Crippen molar-refractivity contribution in [2.75, 3.05) is 5.75 Å². The highest BCUT2D eigenvalue weighted by atomic mass is 33.3. The van der Waals surface area contributed by atoms with Crippen molar-refractivity contribution in [2.24, 2.45) is 0 Å². The van der Waals surface area contributed by atoms with Gasteiger partial charge in [0, 0.05) is 5.75 Å². The van der Waals surface area contributed by atoms with Crippen LogP contribution in [0, 0.1) is 0 Å². The molecule has 0 rings (SSSR count). The standard InChI is InChI=1S/C4H11O2PS2/c1-2-3-4-8-9-7(5)6/h7H,2-4H2,1H3,(H,5,6). The summed E-state index contributed by atoms with van der Waals surface area (Å²) in [7, 11) is 0.290. The Morgan fingerprint density at radius 1 is 1.67 bits per heavy atom. The van der Waals surface area contributed by atoms with Crippen LogP contribution in [0.25, 0.3) is 0 Å². The lowest BCUT2D eigenvalue weighted by molar-refractivity contribution is 0.520. The third kappa shape index (κ3) is 8.89. The summed E-state index contributed by atoms with van der Waals surface area (Å²) >= 11 is 0. The molecule has 0 aromatic rings. The molecule has 0 aliphatic carbocycles. The first kappa shape index (κ1) is 9.89. The van der Waals surface area contributed by atoms with E-state index in [0.29, 0.717) is 0 Å². The average molecular weight is 186 g/mol. The first-order valence-corrected chi connectivity index (χ1v) is 7.19. The first-order valence-electron chi connectivity index (χ1n) is 2.79. The molecule has 1 unspecified atom stereocenters. The van der Waals surface area contributed by atoms with Gasteiger partial charge in [-0.05, 0) is 16.8 Å². The van der Waals surface area contributed by atoms with Crippen LogP contribution in [0.15, 0.2) is 0 Å². The fraction of sp³-hybridized carbons (Fsp3) is 1.00. The quantitative estimate of drug-likeness (QED) is 0.407. The molecule has 0 bridgehead atoms. The predicted octanol–water partition coefficient (Wildman–Crippen LogP) is 2.55. The summed E-state index contributed by atoms with van der Waals surface area (Å²) in [5.41, 5.74) is 0. The van der Waals surface area contributed by atoms with Crippen molar-refractivity contribution in [3.05, 3.63) is 0 Å². The van der Waals surface area contributed by atoms with Crippen LogP contribution >= 0.6 is 28.4 Å². The number of hydrogen-bond donors (Lipinski definition) is 1. The fourth-order valence-electron chi connectivity index (χ4n) is 0.295. The molecule has 1 atom stereocenters. The molecular formula is C4H11O2PS2. The molecule has 0 amide bonds. The Morgan fingerprint density at radius 2 is 2.33 bits per heavy atom. The van der Waals surface area contributed by atoms with Gasteiger partial charge in [-0.2, -0.15) is 0 Å². The van der Waals surface area contributed by atoms with E-state index in [1.807, 2.05) is 0 Å². The Kier molecular flexibility index (Phi) is 7.69. The van der Waals surface area contributed by atoms with E-state index in [-0.39, 0.29) is 0 Å². The summed E-state index contributed by atoms with van der Waals surface area (Å²) < 4.78 is 10.1. The largest absolute Gasteiger partial charge is 0.338 e. The van der Waals surface area contributed by atoms with E-state index in [1.165, 1.54) is 10.8 Å². The van der Waals surface area contributed by atoms with Gasteiger partial charge in [-0.3, -0.25) is 4.57 Å². The average Bonchev–Trinajstić information content (AvgIpc) is 1.80. The van der Waals surface area contributed by atoms with E-state index < -0.39 is 7.23 Å². The summed E-state index contributed by atoms with van der Waals surface area (Å²) in [5, 5.41) is 0. The molecule has 0 saturated carbocycles. The topological polar surface area (TPSA) is 37.3 Å². The van der Waals surface area contributed by atoms with Gasteiger partial charge in [0.1, 0.15) is 0 Å². The summed E-state index contributed by atoms with van der Waals surface area (Å²) in [6.45, 7) is 2.10. The zero-order chi connectivity index (χ0) is 7.11. The van der Waals surface area contributed by atoms with Gasteiger partial charge in [0.25, 0.3) is 7.23 Å². The summed E-state index contributed by atoms with van der Waals surface area (Å²) in [6.07, 6.45) is 2.28. The Labute approximate surface area is 63.8 Å². The zero-order valence-electron chi connectivity index (χ0n) is 5.29. The Bertz CT molecular complexity index is 88.6. The molecule has 0 spiro atoms. The summed E-state index contributed by atoms with van der Waals surface area (Å²) in [4.78, 5) is 8.34. The first-order chi connectivity index (χ1) is 4.27. The van der Waals surface area contributed by atoms with E-state index >= 15 is 0 Å². The van der Waals surface area contributed by atoms with Gasteiger partial charge >= 0.3 is 0 Å². The minimum Gasteiger partial charge on any atom is -0.338 e. The summed E-state index contributed by atoms with van der Waals surface area (Å²) in [5.74, 6) is 0.984. The van der Waals surface area contributed by atoms with Crippen LogP contribution in [-0.4, -0.2) is 10.6 Å². The van der Waals surface area contributed by atoms with Crippen molar-refractivity contribution in [2.45, 2.75) is 19.8 Å². The van der Waals surface area contributed by atoms with Crippen molar-refractivity contribution >= 4 is 28.4 Å². The highest BCUT2D eigenvalue weighted by molar-refractivity contribution is 8.96. The lowest BCUT2D eigenvalue weighted by Crippen LogP contribution is -1.70. The van der Waals surface area contributed by atoms with Gasteiger partial charge in [-0.15, -0.1) is 0 Å². The second kappa shape index (κ2) is 7.00. The molecule has 0 fully saturated rings. The van der Waals surface area contributed by atoms with Crippen LogP contribution in [-0.2, 0) is 4.57 Å². The van der Waals surface area contributed by atoms with Crippen LogP contribution in [0.1, 0.15) is 19.8 Å². The Hall–Kier alpha value is 0.890. The van der Waals surface area contributed by atoms with Gasteiger partial charge in [0.05, 0.1) is 0 Å². The van der Waals surface area contributed by atoms with Crippen molar-refractivity contribution in [3.63, 3.8) is 0 Å². The molecule has 5 heteroatoms. The molecule has 0 aliphatic heterocycles. The maximum absolute atomic E-state index is 10.1. The normalized spacial score (nSPS) is 13.6. The second-order valence-electron chi connectivity index (χ2n) is 1.52. The minimum absolute atomic E-state index is 0.984. The SMILES string of the molecule is CCCCSS[PH](=O)O. The van der Waals surface area contributed by atoms with E-state index in [4.69, 9.17) is 4.89 Å². The monoisotopic (exact) mass is 186 g/mol. The molecule has 0 aromatic heterocycles.